The van der Waals surface area contributed by atoms with Crippen molar-refractivity contribution < 1.29 is 13.9 Å². The third kappa shape index (κ3) is 7.77. The predicted molar refractivity (Wildman–Crippen MR) is 122 cm³/mol. The Bertz CT molecular complexity index is 838. The van der Waals surface area contributed by atoms with Crippen LogP contribution in [0.5, 0.6) is 11.5 Å². The van der Waals surface area contributed by atoms with Gasteiger partial charge < -0.3 is 19.7 Å². The van der Waals surface area contributed by atoms with Crippen molar-refractivity contribution in [2.45, 2.75) is 13.5 Å². The molecule has 0 fully saturated rings. The number of halogens is 2. The van der Waals surface area contributed by atoms with E-state index < -0.39 is 5.82 Å². The van der Waals surface area contributed by atoms with Crippen molar-refractivity contribution in [3.05, 3.63) is 59.4 Å². The molecule has 0 aliphatic heterocycles. The summed E-state index contributed by atoms with van der Waals surface area (Å²) in [4.78, 5) is 6.41. The number of nitrogens with one attached hydrogen (secondary N) is 1. The highest BCUT2D eigenvalue weighted by Gasteiger charge is 2.08. The van der Waals surface area contributed by atoms with Crippen molar-refractivity contribution in [3.63, 3.8) is 0 Å². The zero-order chi connectivity index (χ0) is 20.4. The van der Waals surface area contributed by atoms with E-state index in [0.717, 1.165) is 11.5 Å². The van der Waals surface area contributed by atoms with Crippen LogP contribution < -0.4 is 14.8 Å². The van der Waals surface area contributed by atoms with Crippen LogP contribution in [0.25, 0.3) is 0 Å². The second-order valence-electron chi connectivity index (χ2n) is 6.03. The molecule has 0 aliphatic carbocycles. The molecule has 2 aromatic carbocycles. The van der Waals surface area contributed by atoms with Crippen LogP contribution in [0.4, 0.5) is 4.39 Å². The fraction of sp³-hybridized carbons (Fsp3) is 0.333. The molecule has 6 nitrogen and oxygen atoms in total. The Balaban J connectivity index is 0.00000420. The largest absolute Gasteiger partial charge is 0.497 e. The molecule has 0 aliphatic rings. The van der Waals surface area contributed by atoms with Crippen LogP contribution in [0.3, 0.4) is 0 Å². The van der Waals surface area contributed by atoms with Gasteiger partial charge in [-0.3, -0.25) is 0 Å². The Morgan fingerprint density at radius 3 is 2.48 bits per heavy atom. The molecular weight excluding hydrogens is 486 g/mol. The second kappa shape index (κ2) is 12.8. The summed E-state index contributed by atoms with van der Waals surface area (Å²) in [6.45, 7) is 3.92. The Labute approximate surface area is 188 Å². The Morgan fingerprint density at radius 1 is 1.21 bits per heavy atom. The van der Waals surface area contributed by atoms with Gasteiger partial charge in [0.25, 0.3) is 0 Å². The number of benzene rings is 2. The van der Waals surface area contributed by atoms with E-state index in [-0.39, 0.29) is 30.5 Å². The monoisotopic (exact) mass is 512 g/mol. The molecule has 2 rings (SSSR count). The Kier molecular flexibility index (Phi) is 10.8. The smallest absolute Gasteiger partial charge is 0.194 e. The van der Waals surface area contributed by atoms with Gasteiger partial charge in [-0.25, -0.2) is 9.38 Å². The molecule has 0 bridgehead atoms. The molecule has 156 valence electrons. The Morgan fingerprint density at radius 2 is 1.90 bits per heavy atom. The maximum atomic E-state index is 14.0. The lowest BCUT2D eigenvalue weighted by Crippen LogP contribution is -2.40. The van der Waals surface area contributed by atoms with Crippen molar-refractivity contribution >= 4 is 29.9 Å². The summed E-state index contributed by atoms with van der Waals surface area (Å²) in [6, 6.07) is 13.7. The molecule has 8 heteroatoms. The van der Waals surface area contributed by atoms with Crippen molar-refractivity contribution in [1.82, 2.24) is 10.2 Å². The minimum Gasteiger partial charge on any atom is -0.497 e. The van der Waals surface area contributed by atoms with Gasteiger partial charge in [-0.2, -0.15) is 5.26 Å². The van der Waals surface area contributed by atoms with Crippen molar-refractivity contribution in [2.24, 2.45) is 4.99 Å². The first-order valence-corrected chi connectivity index (χ1v) is 9.02. The van der Waals surface area contributed by atoms with Crippen LogP contribution in [-0.2, 0) is 6.54 Å². The van der Waals surface area contributed by atoms with E-state index >= 15 is 0 Å². The molecular formula is C21H26FIN4O2. The van der Waals surface area contributed by atoms with E-state index in [1.54, 1.807) is 19.2 Å². The van der Waals surface area contributed by atoms with E-state index in [1.807, 2.05) is 49.2 Å². The fourth-order valence-corrected chi connectivity index (χ4v) is 2.45. The summed E-state index contributed by atoms with van der Waals surface area (Å²) in [5.41, 5.74) is 0.738. The van der Waals surface area contributed by atoms with E-state index in [9.17, 15) is 4.39 Å². The van der Waals surface area contributed by atoms with Crippen LogP contribution in [0, 0.1) is 17.1 Å². The number of likely N-dealkylation sites (N-methyl/N-ethyl adjacent to an activating group) is 1. The summed E-state index contributed by atoms with van der Waals surface area (Å²) in [6.07, 6.45) is 0. The molecule has 0 atom stereocenters. The SMILES string of the molecule is CCNC(=NCc1ccc(C#N)cc1F)N(C)CCOc1ccc(OC)cc1.I. The number of rotatable bonds is 8. The lowest BCUT2D eigenvalue weighted by Gasteiger charge is -2.22. The standard InChI is InChI=1S/C21H25FN4O2.HI/c1-4-24-21(25-15-17-6-5-16(14-23)13-20(17)22)26(2)11-12-28-19-9-7-18(27-3)8-10-19;/h5-10,13H,4,11-12,15H2,1-3H3,(H,24,25);1H. The first kappa shape index (κ1) is 24.5. The average Bonchev–Trinajstić information content (AvgIpc) is 2.72. The van der Waals surface area contributed by atoms with Crippen LogP contribution in [0.15, 0.2) is 47.5 Å². The highest BCUT2D eigenvalue weighted by Crippen LogP contribution is 2.17. The summed E-state index contributed by atoms with van der Waals surface area (Å²) in [5.74, 6) is 1.77. The number of hydrogen-bond acceptors (Lipinski definition) is 4. The zero-order valence-electron chi connectivity index (χ0n) is 16.8. The predicted octanol–water partition coefficient (Wildman–Crippen LogP) is 3.80. The van der Waals surface area contributed by atoms with Gasteiger partial charge in [-0.05, 0) is 43.3 Å². The average molecular weight is 512 g/mol. The van der Waals surface area contributed by atoms with Crippen LogP contribution in [0.1, 0.15) is 18.1 Å². The third-order valence-electron chi connectivity index (χ3n) is 4.03. The molecule has 1 N–H and O–H groups in total. The second-order valence-corrected chi connectivity index (χ2v) is 6.03. The third-order valence-corrected chi connectivity index (χ3v) is 4.03. The van der Waals surface area contributed by atoms with Gasteiger partial charge in [0.05, 0.1) is 31.8 Å². The maximum absolute atomic E-state index is 14.0. The summed E-state index contributed by atoms with van der Waals surface area (Å²) in [5, 5.41) is 12.0. The van der Waals surface area contributed by atoms with E-state index in [1.165, 1.54) is 6.07 Å². The summed E-state index contributed by atoms with van der Waals surface area (Å²) < 4.78 is 24.9. The number of nitriles is 1. The van der Waals surface area contributed by atoms with Crippen molar-refractivity contribution in [3.8, 4) is 17.6 Å². The van der Waals surface area contributed by atoms with Crippen LogP contribution >= 0.6 is 24.0 Å². The highest BCUT2D eigenvalue weighted by atomic mass is 127. The van der Waals surface area contributed by atoms with Gasteiger partial charge in [-0.1, -0.05) is 6.07 Å². The lowest BCUT2D eigenvalue weighted by molar-refractivity contribution is 0.281. The lowest BCUT2D eigenvalue weighted by atomic mass is 10.1. The number of methoxy groups -OCH3 is 1. The van der Waals surface area contributed by atoms with Gasteiger partial charge in [0, 0.05) is 19.2 Å². The van der Waals surface area contributed by atoms with Gasteiger partial charge in [0.15, 0.2) is 5.96 Å². The molecule has 0 radical (unpaired) electrons. The van der Waals surface area contributed by atoms with E-state index in [2.05, 4.69) is 10.3 Å². The molecule has 0 saturated carbocycles. The molecule has 0 heterocycles. The molecule has 0 spiro atoms. The number of ether oxygens (including phenoxy) is 2. The summed E-state index contributed by atoms with van der Waals surface area (Å²) in [7, 11) is 3.52. The number of hydrogen-bond donors (Lipinski definition) is 1. The minimum atomic E-state index is -0.427. The number of aliphatic imine (C=N–C) groups is 1. The van der Waals surface area contributed by atoms with Crippen LogP contribution in [0.2, 0.25) is 0 Å². The van der Waals surface area contributed by atoms with Crippen molar-refractivity contribution in [1.29, 1.82) is 5.26 Å². The minimum absolute atomic E-state index is 0. The first-order valence-electron chi connectivity index (χ1n) is 9.02. The topological polar surface area (TPSA) is 69.9 Å². The maximum Gasteiger partial charge on any atom is 0.194 e. The molecule has 0 aromatic heterocycles. The van der Waals surface area contributed by atoms with Crippen molar-refractivity contribution in [2.75, 3.05) is 33.9 Å². The van der Waals surface area contributed by atoms with Gasteiger partial charge >= 0.3 is 0 Å². The van der Waals surface area contributed by atoms with E-state index in [0.29, 0.717) is 36.8 Å². The Hall–Kier alpha value is -2.54. The van der Waals surface area contributed by atoms with E-state index in [4.69, 9.17) is 14.7 Å². The van der Waals surface area contributed by atoms with Gasteiger partial charge in [0.2, 0.25) is 0 Å². The van der Waals surface area contributed by atoms with Gasteiger partial charge in [-0.15, -0.1) is 24.0 Å². The molecule has 0 unspecified atom stereocenters. The van der Waals surface area contributed by atoms with Crippen LogP contribution in [-0.4, -0.2) is 44.7 Å². The normalized spacial score (nSPS) is 10.5. The molecule has 0 saturated heterocycles. The summed E-state index contributed by atoms with van der Waals surface area (Å²) >= 11 is 0. The number of guanidine groups is 1. The first-order chi connectivity index (χ1) is 13.6. The molecule has 0 amide bonds. The number of nitrogens with zero attached hydrogens (tertiary/aromatic N) is 3. The molecule has 29 heavy (non-hydrogen) atoms. The zero-order valence-corrected chi connectivity index (χ0v) is 19.1. The van der Waals surface area contributed by atoms with Gasteiger partial charge in [0.1, 0.15) is 23.9 Å². The fourth-order valence-electron chi connectivity index (χ4n) is 2.45. The highest BCUT2D eigenvalue weighted by molar-refractivity contribution is 14.0. The molecule has 2 aromatic rings. The quantitative estimate of drug-likeness (QED) is 0.331.